The van der Waals surface area contributed by atoms with Crippen LogP contribution in [-0.2, 0) is 14.3 Å². The fraction of sp³-hybridized carbons (Fsp3) is 0.714. The number of carbonyl (C=O) groups is 2. The Balaban J connectivity index is 4.35. The van der Waals surface area contributed by atoms with Crippen LogP contribution >= 0.6 is 0 Å². The first-order valence-electron chi connectivity index (χ1n) is 3.93. The molecule has 0 bridgehead atoms. The van der Waals surface area contributed by atoms with Crippen molar-refractivity contribution in [2.75, 3.05) is 6.61 Å². The molecule has 0 radical (unpaired) electrons. The van der Waals surface area contributed by atoms with Crippen LogP contribution in [0.2, 0.25) is 0 Å². The third-order valence-electron chi connectivity index (χ3n) is 1.66. The highest BCUT2D eigenvalue weighted by molar-refractivity contribution is 5.80. The Morgan fingerprint density at radius 2 is 1.73 bits per heavy atom. The number of carbonyl (C=O) groups excluding carboxylic acids is 2. The molecule has 8 heteroatoms. The number of hydrogen-bond acceptors (Lipinski definition) is 8. The molecule has 0 heterocycles. The smallest absolute Gasteiger partial charge is 0.345 e. The maximum Gasteiger partial charge on any atom is 0.345 e. The van der Waals surface area contributed by atoms with Gasteiger partial charge >= 0.3 is 12.4 Å². The molecule has 88 valence electrons. The van der Waals surface area contributed by atoms with E-state index in [1.807, 2.05) is 0 Å². The Labute approximate surface area is 84.3 Å². The third-order valence-corrected chi connectivity index (χ3v) is 1.66. The summed E-state index contributed by atoms with van der Waals surface area (Å²) < 4.78 is 3.70. The zero-order chi connectivity index (χ0) is 12.0. The summed E-state index contributed by atoms with van der Waals surface area (Å²) in [4.78, 5) is 20.4. The summed E-state index contributed by atoms with van der Waals surface area (Å²) in [7, 11) is 0. The van der Waals surface area contributed by atoms with E-state index < -0.39 is 37.0 Å². The minimum atomic E-state index is -2.19. The molecule has 0 aromatic carbocycles. The van der Waals surface area contributed by atoms with Crippen LogP contribution in [0, 0.1) is 0 Å². The van der Waals surface area contributed by atoms with E-state index in [-0.39, 0.29) is 6.47 Å². The summed E-state index contributed by atoms with van der Waals surface area (Å²) in [5.41, 5.74) is 0. The molecule has 0 aromatic rings. The Kier molecular flexibility index (Phi) is 5.97. The highest BCUT2D eigenvalue weighted by Crippen LogP contribution is 2.06. The van der Waals surface area contributed by atoms with Gasteiger partial charge in [-0.15, -0.1) is 0 Å². The fourth-order valence-electron chi connectivity index (χ4n) is 0.779. The second kappa shape index (κ2) is 6.43. The molecule has 0 fully saturated rings. The lowest BCUT2D eigenvalue weighted by Crippen LogP contribution is -2.49. The van der Waals surface area contributed by atoms with Gasteiger partial charge in [0, 0.05) is 0 Å². The second-order valence-electron chi connectivity index (χ2n) is 2.71. The van der Waals surface area contributed by atoms with E-state index in [2.05, 4.69) is 4.74 Å². The quantitative estimate of drug-likeness (QED) is 0.175. The molecule has 4 atom stereocenters. The van der Waals surface area contributed by atoms with E-state index in [1.165, 1.54) is 0 Å². The van der Waals surface area contributed by atoms with E-state index in [0.29, 0.717) is 0 Å². The van der Waals surface area contributed by atoms with Crippen LogP contribution in [0.4, 0.5) is 0 Å². The molecule has 0 unspecified atom stereocenters. The van der Waals surface area contributed by atoms with Crippen LogP contribution in [0.1, 0.15) is 0 Å². The van der Waals surface area contributed by atoms with Gasteiger partial charge in [-0.1, -0.05) is 0 Å². The first-order chi connectivity index (χ1) is 6.95. The number of ether oxygens (including phenoxy) is 1. The lowest BCUT2D eigenvalue weighted by molar-refractivity contribution is -0.171. The molecule has 15 heavy (non-hydrogen) atoms. The molecule has 0 aliphatic carbocycles. The molecular formula is C7H12O8. The number of esters is 1. The lowest BCUT2D eigenvalue weighted by Gasteiger charge is -2.23. The molecule has 0 aliphatic rings. The van der Waals surface area contributed by atoms with Crippen LogP contribution in [0.25, 0.3) is 0 Å². The fourth-order valence-corrected chi connectivity index (χ4v) is 0.779. The van der Waals surface area contributed by atoms with Crippen LogP contribution in [0.15, 0.2) is 0 Å². The van der Waals surface area contributed by atoms with Gasteiger partial charge in [0.15, 0.2) is 6.10 Å². The Hall–Kier alpha value is -1.06. The molecule has 0 amide bonds. The summed E-state index contributed by atoms with van der Waals surface area (Å²) >= 11 is 0. The van der Waals surface area contributed by atoms with Crippen molar-refractivity contribution in [3.05, 3.63) is 0 Å². The van der Waals surface area contributed by atoms with Crippen molar-refractivity contribution in [1.82, 2.24) is 0 Å². The molecule has 0 aliphatic heterocycles. The van der Waals surface area contributed by atoms with Gasteiger partial charge in [0.1, 0.15) is 18.3 Å². The summed E-state index contributed by atoms with van der Waals surface area (Å²) in [5.74, 6) is -1.47. The van der Waals surface area contributed by atoms with E-state index in [0.717, 1.165) is 0 Å². The van der Waals surface area contributed by atoms with Crippen molar-refractivity contribution in [2.45, 2.75) is 24.4 Å². The number of aliphatic hydroxyl groups is 5. The highest BCUT2D eigenvalue weighted by atomic mass is 16.6. The van der Waals surface area contributed by atoms with E-state index in [4.69, 9.17) is 25.5 Å². The molecule has 5 N–H and O–H groups in total. The van der Waals surface area contributed by atoms with Crippen LogP contribution in [-0.4, -0.2) is 69.0 Å². The molecule has 0 saturated carbocycles. The van der Waals surface area contributed by atoms with E-state index in [1.54, 1.807) is 0 Å². The van der Waals surface area contributed by atoms with Gasteiger partial charge in [-0.3, -0.25) is 4.79 Å². The van der Waals surface area contributed by atoms with Gasteiger partial charge in [-0.25, -0.2) is 4.79 Å². The SMILES string of the molecule is O=COC(=O)[C@H](O)[C@@H](O)[C@H](O)[C@H](O)CO. The molecule has 0 spiro atoms. The van der Waals surface area contributed by atoms with Crippen LogP contribution < -0.4 is 0 Å². The van der Waals surface area contributed by atoms with Gasteiger partial charge in [-0.2, -0.15) is 0 Å². The van der Waals surface area contributed by atoms with Crippen molar-refractivity contribution in [3.8, 4) is 0 Å². The van der Waals surface area contributed by atoms with Gasteiger partial charge in [-0.05, 0) is 0 Å². The Bertz CT molecular complexity index is 217. The standard InChI is InChI=1S/C7H12O8/c8-1-3(10)4(11)5(12)6(13)7(14)15-2-9/h2-6,8,10-13H,1H2/t3-,4-,5+,6-/m1/s1. The van der Waals surface area contributed by atoms with Gasteiger partial charge in [0.25, 0.3) is 0 Å². The van der Waals surface area contributed by atoms with Crippen molar-refractivity contribution >= 4 is 12.4 Å². The largest absolute Gasteiger partial charge is 0.394 e. The normalized spacial score (nSPS) is 18.7. The van der Waals surface area contributed by atoms with Crippen LogP contribution in [0.5, 0.6) is 0 Å². The molecule has 8 nitrogen and oxygen atoms in total. The van der Waals surface area contributed by atoms with Crippen LogP contribution in [0.3, 0.4) is 0 Å². The highest BCUT2D eigenvalue weighted by Gasteiger charge is 2.35. The average Bonchev–Trinajstić information content (AvgIpc) is 2.25. The average molecular weight is 224 g/mol. The monoisotopic (exact) mass is 224 g/mol. The predicted molar refractivity (Wildman–Crippen MR) is 43.3 cm³/mol. The predicted octanol–water partition coefficient (Wildman–Crippen LogP) is -3.88. The molecule has 0 rings (SSSR count). The number of aliphatic hydroxyl groups excluding tert-OH is 5. The van der Waals surface area contributed by atoms with E-state index in [9.17, 15) is 9.59 Å². The minimum Gasteiger partial charge on any atom is -0.394 e. The molecular weight excluding hydrogens is 212 g/mol. The van der Waals surface area contributed by atoms with Crippen molar-refractivity contribution < 1.29 is 39.9 Å². The first kappa shape index (κ1) is 13.9. The van der Waals surface area contributed by atoms with Gasteiger partial charge < -0.3 is 30.3 Å². The maximum atomic E-state index is 10.7. The zero-order valence-electron chi connectivity index (χ0n) is 7.55. The summed E-state index contributed by atoms with van der Waals surface area (Å²) in [6, 6.07) is 0. The minimum absolute atomic E-state index is 0.257. The number of rotatable bonds is 6. The lowest BCUT2D eigenvalue weighted by atomic mass is 10.0. The second-order valence-corrected chi connectivity index (χ2v) is 2.71. The molecule has 0 saturated heterocycles. The Morgan fingerprint density at radius 3 is 2.13 bits per heavy atom. The molecule has 0 aromatic heterocycles. The first-order valence-corrected chi connectivity index (χ1v) is 3.93. The number of hydrogen-bond donors (Lipinski definition) is 5. The van der Waals surface area contributed by atoms with Gasteiger partial charge in [0.05, 0.1) is 6.61 Å². The maximum absolute atomic E-state index is 10.7. The van der Waals surface area contributed by atoms with Crippen molar-refractivity contribution in [1.29, 1.82) is 0 Å². The van der Waals surface area contributed by atoms with Gasteiger partial charge in [0.2, 0.25) is 0 Å². The summed E-state index contributed by atoms with van der Waals surface area (Å²) in [6.45, 7) is -1.12. The third kappa shape index (κ3) is 3.90. The summed E-state index contributed by atoms with van der Waals surface area (Å²) in [6.07, 6.45) is -7.92. The van der Waals surface area contributed by atoms with Crippen molar-refractivity contribution in [3.63, 3.8) is 0 Å². The van der Waals surface area contributed by atoms with Crippen molar-refractivity contribution in [2.24, 2.45) is 0 Å². The zero-order valence-corrected chi connectivity index (χ0v) is 7.55. The Morgan fingerprint density at radius 1 is 1.20 bits per heavy atom. The topological polar surface area (TPSA) is 145 Å². The van der Waals surface area contributed by atoms with E-state index >= 15 is 0 Å². The summed E-state index contributed by atoms with van der Waals surface area (Å²) in [5, 5.41) is 44.4.